The lowest BCUT2D eigenvalue weighted by molar-refractivity contribution is 0.0739. The monoisotopic (exact) mass is 309 g/mol. The minimum Gasteiger partial charge on any atom is -0.464 e. The molecule has 1 amide bonds. The number of furan rings is 1. The van der Waals surface area contributed by atoms with Crippen molar-refractivity contribution in [2.45, 2.75) is 13.0 Å². The van der Waals surface area contributed by atoms with Crippen LogP contribution >= 0.6 is 11.3 Å². The highest BCUT2D eigenvalue weighted by molar-refractivity contribution is 7.12. The third-order valence-corrected chi connectivity index (χ3v) is 4.95. The molecule has 4 heteroatoms. The van der Waals surface area contributed by atoms with Crippen molar-refractivity contribution in [2.24, 2.45) is 0 Å². The fourth-order valence-electron chi connectivity index (χ4n) is 2.85. The van der Waals surface area contributed by atoms with E-state index in [0.717, 1.165) is 29.2 Å². The number of hydrogen-bond acceptors (Lipinski definition) is 3. The lowest BCUT2D eigenvalue weighted by atomic mass is 10.00. The Labute approximate surface area is 132 Å². The van der Waals surface area contributed by atoms with Crippen molar-refractivity contribution in [3.63, 3.8) is 0 Å². The van der Waals surface area contributed by atoms with Crippen molar-refractivity contribution >= 4 is 17.2 Å². The van der Waals surface area contributed by atoms with Crippen LogP contribution in [0.2, 0.25) is 0 Å². The van der Waals surface area contributed by atoms with Crippen LogP contribution in [0, 0.1) is 0 Å². The van der Waals surface area contributed by atoms with E-state index in [0.29, 0.717) is 6.54 Å². The minimum atomic E-state index is 0.109. The lowest BCUT2D eigenvalue weighted by Gasteiger charge is -2.28. The first-order chi connectivity index (χ1) is 10.8. The van der Waals surface area contributed by atoms with Crippen LogP contribution in [0.15, 0.2) is 58.5 Å². The maximum Gasteiger partial charge on any atom is 0.264 e. The summed E-state index contributed by atoms with van der Waals surface area (Å²) in [5.41, 5.74) is 3.58. The summed E-state index contributed by atoms with van der Waals surface area (Å²) in [5.74, 6) is 0.914. The summed E-state index contributed by atoms with van der Waals surface area (Å²) in [6.07, 6.45) is 2.58. The van der Waals surface area contributed by atoms with Gasteiger partial charge in [-0.05, 0) is 35.7 Å². The third-order valence-electron chi connectivity index (χ3n) is 4.03. The molecule has 1 aliphatic heterocycles. The zero-order valence-electron chi connectivity index (χ0n) is 12.0. The van der Waals surface area contributed by atoms with Gasteiger partial charge < -0.3 is 9.32 Å². The van der Waals surface area contributed by atoms with Gasteiger partial charge >= 0.3 is 0 Å². The van der Waals surface area contributed by atoms with Crippen LogP contribution in [0.1, 0.15) is 20.8 Å². The first-order valence-corrected chi connectivity index (χ1v) is 8.18. The van der Waals surface area contributed by atoms with Crippen molar-refractivity contribution < 1.29 is 9.21 Å². The molecule has 0 aliphatic carbocycles. The third kappa shape index (κ3) is 2.35. The Morgan fingerprint density at radius 1 is 1.14 bits per heavy atom. The van der Waals surface area contributed by atoms with Gasteiger partial charge in [0.2, 0.25) is 0 Å². The Kier molecular flexibility index (Phi) is 3.31. The molecule has 0 radical (unpaired) electrons. The van der Waals surface area contributed by atoms with E-state index < -0.39 is 0 Å². The SMILES string of the molecule is O=C(c1cc(-c2ccco2)cs1)N1CCc2ccccc2C1. The Morgan fingerprint density at radius 3 is 2.82 bits per heavy atom. The summed E-state index contributed by atoms with van der Waals surface area (Å²) >= 11 is 1.48. The molecule has 0 atom stereocenters. The Bertz CT molecular complexity index is 804. The number of fused-ring (bicyclic) bond motifs is 1. The molecule has 4 rings (SSSR count). The van der Waals surface area contributed by atoms with E-state index in [1.807, 2.05) is 34.5 Å². The number of nitrogens with zero attached hydrogens (tertiary/aromatic N) is 1. The molecule has 1 aliphatic rings. The molecule has 0 unspecified atom stereocenters. The van der Waals surface area contributed by atoms with Gasteiger partial charge in [-0.15, -0.1) is 11.3 Å². The van der Waals surface area contributed by atoms with E-state index in [4.69, 9.17) is 4.42 Å². The summed E-state index contributed by atoms with van der Waals surface area (Å²) in [6.45, 7) is 1.48. The van der Waals surface area contributed by atoms with Crippen LogP contribution in [0.5, 0.6) is 0 Å². The van der Waals surface area contributed by atoms with Gasteiger partial charge in [0, 0.05) is 24.0 Å². The van der Waals surface area contributed by atoms with Gasteiger partial charge in [0.15, 0.2) is 0 Å². The fraction of sp³-hybridized carbons (Fsp3) is 0.167. The molecule has 0 spiro atoms. The summed E-state index contributed by atoms with van der Waals surface area (Å²) in [4.78, 5) is 15.4. The first-order valence-electron chi connectivity index (χ1n) is 7.30. The van der Waals surface area contributed by atoms with Gasteiger partial charge in [0.05, 0.1) is 11.1 Å². The van der Waals surface area contributed by atoms with Crippen LogP contribution in [-0.4, -0.2) is 17.4 Å². The lowest BCUT2D eigenvalue weighted by Crippen LogP contribution is -2.35. The number of rotatable bonds is 2. The number of benzene rings is 1. The van der Waals surface area contributed by atoms with Gasteiger partial charge in [-0.25, -0.2) is 0 Å². The molecular formula is C18H15NO2S. The van der Waals surface area contributed by atoms with Crippen molar-refractivity contribution in [1.29, 1.82) is 0 Å². The van der Waals surface area contributed by atoms with Crippen molar-refractivity contribution in [3.8, 4) is 11.3 Å². The molecule has 0 saturated heterocycles. The topological polar surface area (TPSA) is 33.5 Å². The van der Waals surface area contributed by atoms with Crippen molar-refractivity contribution in [2.75, 3.05) is 6.54 Å². The Hall–Kier alpha value is -2.33. The molecule has 0 N–H and O–H groups in total. The molecule has 110 valence electrons. The standard InChI is InChI=1S/C18H15NO2S/c20-18(17-10-15(12-22-17)16-6-3-9-21-16)19-8-7-13-4-1-2-5-14(13)11-19/h1-6,9-10,12H,7-8,11H2. The predicted molar refractivity (Wildman–Crippen MR) is 86.9 cm³/mol. The molecule has 22 heavy (non-hydrogen) atoms. The molecule has 0 fully saturated rings. The number of amides is 1. The Balaban J connectivity index is 1.56. The van der Waals surface area contributed by atoms with E-state index >= 15 is 0 Å². The molecular weight excluding hydrogens is 294 g/mol. The average Bonchev–Trinajstić information content (AvgIpc) is 3.24. The van der Waals surface area contributed by atoms with E-state index in [-0.39, 0.29) is 5.91 Å². The summed E-state index contributed by atoms with van der Waals surface area (Å²) < 4.78 is 5.39. The second-order valence-corrected chi connectivity index (χ2v) is 6.33. The van der Waals surface area contributed by atoms with Gasteiger partial charge in [-0.3, -0.25) is 4.79 Å². The van der Waals surface area contributed by atoms with Gasteiger partial charge in [0.25, 0.3) is 5.91 Å². The van der Waals surface area contributed by atoms with Gasteiger partial charge in [-0.2, -0.15) is 0 Å². The number of hydrogen-bond donors (Lipinski definition) is 0. The van der Waals surface area contributed by atoms with Crippen molar-refractivity contribution in [1.82, 2.24) is 4.90 Å². The van der Waals surface area contributed by atoms with E-state index in [1.54, 1.807) is 6.26 Å². The summed E-state index contributed by atoms with van der Waals surface area (Å²) in [7, 11) is 0. The minimum absolute atomic E-state index is 0.109. The zero-order valence-corrected chi connectivity index (χ0v) is 12.8. The van der Waals surface area contributed by atoms with E-state index in [2.05, 4.69) is 18.2 Å². The second kappa shape index (κ2) is 5.46. The first kappa shape index (κ1) is 13.3. The summed E-state index contributed by atoms with van der Waals surface area (Å²) in [6, 6.07) is 14.0. The number of carbonyl (C=O) groups excluding carboxylic acids is 1. The quantitative estimate of drug-likeness (QED) is 0.710. The molecule has 0 saturated carbocycles. The van der Waals surface area contributed by atoms with Crippen LogP contribution in [-0.2, 0) is 13.0 Å². The zero-order chi connectivity index (χ0) is 14.9. The molecule has 1 aromatic carbocycles. The van der Waals surface area contributed by atoms with Crippen molar-refractivity contribution in [3.05, 3.63) is 70.1 Å². The largest absolute Gasteiger partial charge is 0.464 e. The smallest absolute Gasteiger partial charge is 0.264 e. The second-order valence-electron chi connectivity index (χ2n) is 5.42. The predicted octanol–water partition coefficient (Wildman–Crippen LogP) is 4.21. The van der Waals surface area contributed by atoms with Crippen LogP contribution < -0.4 is 0 Å². The van der Waals surface area contributed by atoms with Crippen LogP contribution in [0.3, 0.4) is 0 Å². The molecule has 3 heterocycles. The average molecular weight is 309 g/mol. The maximum atomic E-state index is 12.7. The summed E-state index contributed by atoms with van der Waals surface area (Å²) in [5, 5.41) is 1.98. The van der Waals surface area contributed by atoms with Crippen LogP contribution in [0.4, 0.5) is 0 Å². The van der Waals surface area contributed by atoms with Crippen LogP contribution in [0.25, 0.3) is 11.3 Å². The molecule has 0 bridgehead atoms. The highest BCUT2D eigenvalue weighted by Crippen LogP contribution is 2.28. The normalized spacial score (nSPS) is 13.9. The Morgan fingerprint density at radius 2 is 2.00 bits per heavy atom. The van der Waals surface area contributed by atoms with Gasteiger partial charge in [0.1, 0.15) is 5.76 Å². The van der Waals surface area contributed by atoms with E-state index in [1.165, 1.54) is 22.5 Å². The fourth-order valence-corrected chi connectivity index (χ4v) is 3.71. The molecule has 3 aromatic rings. The number of carbonyl (C=O) groups is 1. The highest BCUT2D eigenvalue weighted by Gasteiger charge is 2.23. The number of thiophene rings is 1. The maximum absolute atomic E-state index is 12.7. The molecule has 3 nitrogen and oxygen atoms in total. The van der Waals surface area contributed by atoms with E-state index in [9.17, 15) is 4.79 Å². The highest BCUT2D eigenvalue weighted by atomic mass is 32.1. The molecule has 2 aromatic heterocycles. The van der Waals surface area contributed by atoms with Gasteiger partial charge in [-0.1, -0.05) is 24.3 Å².